The first-order valence-corrected chi connectivity index (χ1v) is 4.32. The molecule has 1 atom stereocenters. The molecule has 0 aromatic carbocycles. The summed E-state index contributed by atoms with van der Waals surface area (Å²) in [5.41, 5.74) is 3.67. The van der Waals surface area contributed by atoms with Gasteiger partial charge in [0, 0.05) is 6.54 Å². The van der Waals surface area contributed by atoms with E-state index in [1.54, 1.807) is 0 Å². The first-order valence-electron chi connectivity index (χ1n) is 2.60. The number of halogens is 1. The lowest BCUT2D eigenvalue weighted by atomic mass is 10.8. The van der Waals surface area contributed by atoms with Crippen molar-refractivity contribution in [3.63, 3.8) is 0 Å². The van der Waals surface area contributed by atoms with Gasteiger partial charge in [-0.15, -0.1) is 12.4 Å². The summed E-state index contributed by atoms with van der Waals surface area (Å²) in [6.07, 6.45) is 0. The Morgan fingerprint density at radius 3 is 2.10 bits per heavy atom. The van der Waals surface area contributed by atoms with Crippen LogP contribution in [-0.2, 0) is 9.84 Å². The Labute approximate surface area is 66.7 Å². The van der Waals surface area contributed by atoms with E-state index in [1.165, 1.54) is 6.92 Å². The smallest absolute Gasteiger partial charge is 0.177 e. The largest absolute Gasteiger partial charge is 0.377 e. The van der Waals surface area contributed by atoms with Crippen LogP contribution in [0, 0.1) is 0 Å². The normalized spacial score (nSPS) is 13.9. The summed E-state index contributed by atoms with van der Waals surface area (Å²) in [7, 11) is -3.32. The minimum Gasteiger partial charge on any atom is -0.377 e. The zero-order valence-electron chi connectivity index (χ0n) is 5.65. The molecular weight excluding hydrogens is 178 g/mol. The molecule has 0 aliphatic heterocycles. The quantitative estimate of drug-likeness (QED) is 0.604. The molecule has 4 nitrogen and oxygen atoms in total. The number of aliphatic hydroxyl groups excluding tert-OH is 1. The predicted molar refractivity (Wildman–Crippen MR) is 41.8 cm³/mol. The van der Waals surface area contributed by atoms with E-state index in [2.05, 4.69) is 0 Å². The maximum atomic E-state index is 10.6. The summed E-state index contributed by atoms with van der Waals surface area (Å²) in [6, 6.07) is 0. The van der Waals surface area contributed by atoms with Crippen molar-refractivity contribution in [1.29, 1.82) is 0 Å². The minimum absolute atomic E-state index is 0. The molecule has 0 saturated heterocycles. The molecule has 0 rings (SSSR count). The van der Waals surface area contributed by atoms with Crippen molar-refractivity contribution < 1.29 is 13.5 Å². The van der Waals surface area contributed by atoms with Crippen molar-refractivity contribution in [2.75, 3.05) is 12.3 Å². The van der Waals surface area contributed by atoms with Crippen LogP contribution >= 0.6 is 12.4 Å². The van der Waals surface area contributed by atoms with Crippen LogP contribution in [0.15, 0.2) is 0 Å². The Morgan fingerprint density at radius 2 is 2.00 bits per heavy atom. The third-order valence-electron chi connectivity index (χ3n) is 0.922. The molecule has 3 N–H and O–H groups in total. The van der Waals surface area contributed by atoms with Crippen molar-refractivity contribution in [2.45, 2.75) is 12.4 Å². The second kappa shape index (κ2) is 4.90. The van der Waals surface area contributed by atoms with Gasteiger partial charge in [-0.1, -0.05) is 0 Å². The molecule has 0 fully saturated rings. The van der Waals surface area contributed by atoms with Crippen LogP contribution in [-0.4, -0.2) is 31.3 Å². The van der Waals surface area contributed by atoms with Gasteiger partial charge in [0.1, 0.15) is 0 Å². The summed E-state index contributed by atoms with van der Waals surface area (Å²) in [4.78, 5) is 0. The van der Waals surface area contributed by atoms with Crippen LogP contribution < -0.4 is 5.73 Å². The highest BCUT2D eigenvalue weighted by molar-refractivity contribution is 7.91. The van der Waals surface area contributed by atoms with Gasteiger partial charge in [-0.3, -0.25) is 0 Å². The van der Waals surface area contributed by atoms with Crippen molar-refractivity contribution in [1.82, 2.24) is 0 Å². The van der Waals surface area contributed by atoms with Gasteiger partial charge >= 0.3 is 0 Å². The van der Waals surface area contributed by atoms with Gasteiger partial charge in [-0.25, -0.2) is 8.42 Å². The molecule has 10 heavy (non-hydrogen) atoms. The average molecular weight is 190 g/mol. The zero-order chi connectivity index (χ0) is 7.49. The number of aliphatic hydroxyl groups is 1. The monoisotopic (exact) mass is 189 g/mol. The van der Waals surface area contributed by atoms with Crippen LogP contribution in [0.4, 0.5) is 0 Å². The molecular formula is C4H12ClNO3S. The maximum absolute atomic E-state index is 10.6. The van der Waals surface area contributed by atoms with Crippen LogP contribution in [0.5, 0.6) is 0 Å². The number of rotatable bonds is 3. The fourth-order valence-corrected chi connectivity index (χ4v) is 1.00. The Morgan fingerprint density at radius 1 is 1.60 bits per heavy atom. The van der Waals surface area contributed by atoms with Crippen LogP contribution in [0.2, 0.25) is 0 Å². The van der Waals surface area contributed by atoms with E-state index >= 15 is 0 Å². The first-order chi connectivity index (χ1) is 4.00. The minimum atomic E-state index is -3.32. The average Bonchev–Trinajstić information content (AvgIpc) is 1.65. The number of hydrogen-bond acceptors (Lipinski definition) is 4. The van der Waals surface area contributed by atoms with E-state index in [1.807, 2.05) is 0 Å². The Hall–Kier alpha value is 0.160. The van der Waals surface area contributed by atoms with E-state index in [-0.39, 0.29) is 24.7 Å². The fourth-order valence-electron chi connectivity index (χ4n) is 0.335. The zero-order valence-corrected chi connectivity index (χ0v) is 7.28. The topological polar surface area (TPSA) is 80.4 Å². The van der Waals surface area contributed by atoms with Crippen molar-refractivity contribution in [3.8, 4) is 0 Å². The second-order valence-electron chi connectivity index (χ2n) is 1.75. The van der Waals surface area contributed by atoms with Gasteiger partial charge < -0.3 is 10.8 Å². The van der Waals surface area contributed by atoms with Crippen molar-refractivity contribution in [2.24, 2.45) is 5.73 Å². The number of sulfone groups is 1. The third kappa shape index (κ3) is 4.05. The van der Waals surface area contributed by atoms with Gasteiger partial charge in [-0.2, -0.15) is 0 Å². The van der Waals surface area contributed by atoms with Crippen molar-refractivity contribution >= 4 is 22.2 Å². The molecule has 0 heterocycles. The lowest BCUT2D eigenvalue weighted by molar-refractivity contribution is 0.268. The van der Waals surface area contributed by atoms with E-state index in [0.29, 0.717) is 0 Å². The van der Waals surface area contributed by atoms with Crippen LogP contribution in [0.25, 0.3) is 0 Å². The van der Waals surface area contributed by atoms with Gasteiger partial charge in [0.15, 0.2) is 15.3 Å². The molecule has 6 heteroatoms. The lowest BCUT2D eigenvalue weighted by Gasteiger charge is -2.02. The van der Waals surface area contributed by atoms with Gasteiger partial charge in [-0.05, 0) is 6.92 Å². The Balaban J connectivity index is 0. The van der Waals surface area contributed by atoms with E-state index in [4.69, 9.17) is 10.8 Å². The molecule has 0 bridgehead atoms. The predicted octanol–water partition coefficient (Wildman–Crippen LogP) is -0.880. The molecule has 0 radical (unpaired) electrons. The standard InChI is InChI=1S/C4H11NO3S.ClH/c1-4(6)9(7,8)3-2-5;/h4,6H,2-3,5H2,1H3;1H. The Bertz CT molecular complexity index is 165. The van der Waals surface area contributed by atoms with Crippen LogP contribution in [0.3, 0.4) is 0 Å². The highest BCUT2D eigenvalue weighted by Crippen LogP contribution is 1.95. The van der Waals surface area contributed by atoms with Gasteiger partial charge in [0.2, 0.25) is 0 Å². The molecule has 1 unspecified atom stereocenters. The fraction of sp³-hybridized carbons (Fsp3) is 1.00. The molecule has 0 amide bonds. The van der Waals surface area contributed by atoms with E-state index in [0.717, 1.165) is 0 Å². The maximum Gasteiger partial charge on any atom is 0.177 e. The summed E-state index contributed by atoms with van der Waals surface area (Å²) in [5.74, 6) is -0.148. The van der Waals surface area contributed by atoms with Crippen molar-refractivity contribution in [3.05, 3.63) is 0 Å². The number of nitrogens with two attached hydrogens (primary N) is 1. The first kappa shape index (κ1) is 12.8. The van der Waals surface area contributed by atoms with E-state index < -0.39 is 15.3 Å². The summed E-state index contributed by atoms with van der Waals surface area (Å²) in [5, 5.41) is 8.57. The van der Waals surface area contributed by atoms with Crippen LogP contribution in [0.1, 0.15) is 6.92 Å². The lowest BCUT2D eigenvalue weighted by Crippen LogP contribution is -2.24. The SMILES string of the molecule is CC(O)S(=O)(=O)CCN.Cl. The molecule has 0 aliphatic carbocycles. The Kier molecular flexibility index (Phi) is 6.27. The molecule has 64 valence electrons. The summed E-state index contributed by atoms with van der Waals surface area (Å²) in [6.45, 7) is 1.28. The summed E-state index contributed by atoms with van der Waals surface area (Å²) >= 11 is 0. The molecule has 0 aromatic heterocycles. The van der Waals surface area contributed by atoms with Gasteiger partial charge in [0.05, 0.1) is 5.75 Å². The highest BCUT2D eigenvalue weighted by atomic mass is 35.5. The number of hydrogen-bond donors (Lipinski definition) is 2. The third-order valence-corrected chi connectivity index (χ3v) is 2.77. The second-order valence-corrected chi connectivity index (χ2v) is 4.17. The molecule has 0 spiro atoms. The highest BCUT2D eigenvalue weighted by Gasteiger charge is 2.15. The van der Waals surface area contributed by atoms with Gasteiger partial charge in [0.25, 0.3) is 0 Å². The summed E-state index contributed by atoms with van der Waals surface area (Å²) < 4.78 is 21.2. The molecule has 0 aliphatic rings. The molecule has 0 aromatic rings. The van der Waals surface area contributed by atoms with E-state index in [9.17, 15) is 8.42 Å². The molecule has 0 saturated carbocycles.